The number of benzene rings is 2. The summed E-state index contributed by atoms with van der Waals surface area (Å²) in [7, 11) is 1.84. The summed E-state index contributed by atoms with van der Waals surface area (Å²) in [6.45, 7) is 0. The minimum Gasteiger partial charge on any atom is -0.399 e. The molecule has 5 nitrogen and oxygen atoms in total. The lowest BCUT2D eigenvalue weighted by molar-refractivity contribution is 0.778. The average Bonchev–Trinajstić information content (AvgIpc) is 2.83. The number of nitrogens with two attached hydrogens (primary N) is 1. The van der Waals surface area contributed by atoms with E-state index in [4.69, 9.17) is 17.3 Å². The van der Waals surface area contributed by atoms with Crippen LogP contribution in [0.5, 0.6) is 0 Å². The van der Waals surface area contributed by atoms with Crippen molar-refractivity contribution in [1.82, 2.24) is 14.8 Å². The van der Waals surface area contributed by atoms with Gasteiger partial charge in [-0.3, -0.25) is 0 Å². The Morgan fingerprint density at radius 2 is 1.71 bits per heavy atom. The number of hydrogen-bond acceptors (Lipinski definition) is 4. The molecule has 0 radical (unpaired) electrons. The van der Waals surface area contributed by atoms with Crippen LogP contribution in [0.1, 0.15) is 0 Å². The molecule has 106 valence electrons. The topological polar surface area (TPSA) is 68.8 Å². The van der Waals surface area contributed by atoms with Crippen LogP contribution in [-0.4, -0.2) is 14.8 Å². The highest BCUT2D eigenvalue weighted by Crippen LogP contribution is 2.21. The number of hydrogen-bond donors (Lipinski definition) is 2. The normalized spacial score (nSPS) is 10.6. The molecular weight excluding hydrogens is 286 g/mol. The van der Waals surface area contributed by atoms with Crippen LogP contribution in [0.25, 0.3) is 11.4 Å². The largest absolute Gasteiger partial charge is 0.399 e. The molecule has 0 atom stereocenters. The van der Waals surface area contributed by atoms with Gasteiger partial charge in [0.1, 0.15) is 0 Å². The molecule has 1 heterocycles. The van der Waals surface area contributed by atoms with E-state index >= 15 is 0 Å². The standard InChI is InChI=1S/C15H14ClN5/c1-21-15(18-13-8-4-11(16)5-9-13)19-14(20-21)10-2-6-12(17)7-3-10/h2-9H,17H2,1H3,(H,18,19,20). The Morgan fingerprint density at radius 1 is 1.05 bits per heavy atom. The Kier molecular flexibility index (Phi) is 3.50. The van der Waals surface area contributed by atoms with Gasteiger partial charge in [-0.25, -0.2) is 4.68 Å². The number of nitrogens with zero attached hydrogens (tertiary/aromatic N) is 3. The van der Waals surface area contributed by atoms with Crippen LogP contribution >= 0.6 is 11.6 Å². The van der Waals surface area contributed by atoms with E-state index in [1.165, 1.54) is 0 Å². The van der Waals surface area contributed by atoms with Crippen molar-refractivity contribution < 1.29 is 0 Å². The quantitative estimate of drug-likeness (QED) is 0.727. The first-order valence-corrected chi connectivity index (χ1v) is 6.79. The lowest BCUT2D eigenvalue weighted by atomic mass is 10.2. The summed E-state index contributed by atoms with van der Waals surface area (Å²) in [4.78, 5) is 4.49. The maximum absolute atomic E-state index is 5.87. The van der Waals surface area contributed by atoms with Gasteiger partial charge in [0.25, 0.3) is 0 Å². The number of rotatable bonds is 3. The molecule has 1 aromatic heterocycles. The third kappa shape index (κ3) is 2.98. The van der Waals surface area contributed by atoms with E-state index in [-0.39, 0.29) is 0 Å². The van der Waals surface area contributed by atoms with Crippen molar-refractivity contribution in [3.05, 3.63) is 53.6 Å². The first-order chi connectivity index (χ1) is 10.1. The summed E-state index contributed by atoms with van der Waals surface area (Å²) < 4.78 is 1.69. The third-order valence-electron chi connectivity index (χ3n) is 3.03. The van der Waals surface area contributed by atoms with E-state index in [0.29, 0.717) is 22.5 Å². The highest BCUT2D eigenvalue weighted by Gasteiger charge is 2.09. The monoisotopic (exact) mass is 299 g/mol. The lowest BCUT2D eigenvalue weighted by Gasteiger charge is -2.04. The zero-order valence-corrected chi connectivity index (χ0v) is 12.2. The number of anilines is 3. The molecule has 0 unspecified atom stereocenters. The summed E-state index contributed by atoms with van der Waals surface area (Å²) in [5, 5.41) is 8.30. The Labute approximate surface area is 127 Å². The van der Waals surface area contributed by atoms with Crippen molar-refractivity contribution in [1.29, 1.82) is 0 Å². The molecule has 0 aliphatic carbocycles. The van der Waals surface area contributed by atoms with Crippen LogP contribution < -0.4 is 11.1 Å². The third-order valence-corrected chi connectivity index (χ3v) is 3.28. The Morgan fingerprint density at radius 3 is 2.38 bits per heavy atom. The molecule has 0 amide bonds. The number of nitrogen functional groups attached to an aromatic ring is 1. The second-order valence-electron chi connectivity index (χ2n) is 4.64. The van der Waals surface area contributed by atoms with Crippen LogP contribution in [-0.2, 0) is 7.05 Å². The number of nitrogens with one attached hydrogen (secondary N) is 1. The van der Waals surface area contributed by atoms with Crippen molar-refractivity contribution in [2.24, 2.45) is 7.05 Å². The summed E-state index contributed by atoms with van der Waals surface area (Å²) in [6.07, 6.45) is 0. The van der Waals surface area contributed by atoms with Crippen LogP contribution in [0.2, 0.25) is 5.02 Å². The fourth-order valence-electron chi connectivity index (χ4n) is 1.91. The Balaban J connectivity index is 1.87. The van der Waals surface area contributed by atoms with Gasteiger partial charge < -0.3 is 11.1 Å². The van der Waals surface area contributed by atoms with Gasteiger partial charge in [0.05, 0.1) is 0 Å². The molecule has 2 aromatic carbocycles. The van der Waals surface area contributed by atoms with Gasteiger partial charge >= 0.3 is 0 Å². The van der Waals surface area contributed by atoms with Crippen LogP contribution in [0, 0.1) is 0 Å². The fourth-order valence-corrected chi connectivity index (χ4v) is 2.04. The first kappa shape index (κ1) is 13.5. The van der Waals surface area contributed by atoms with E-state index in [2.05, 4.69) is 15.4 Å². The molecule has 0 aliphatic heterocycles. The molecule has 3 rings (SSSR count). The van der Waals surface area contributed by atoms with Gasteiger partial charge in [-0.2, -0.15) is 4.98 Å². The predicted molar refractivity (Wildman–Crippen MR) is 85.6 cm³/mol. The van der Waals surface area contributed by atoms with E-state index < -0.39 is 0 Å². The van der Waals surface area contributed by atoms with E-state index in [1.54, 1.807) is 4.68 Å². The molecule has 0 bridgehead atoms. The van der Waals surface area contributed by atoms with Gasteiger partial charge in [-0.1, -0.05) is 11.6 Å². The van der Waals surface area contributed by atoms with Crippen LogP contribution in [0.4, 0.5) is 17.3 Å². The lowest BCUT2D eigenvalue weighted by Crippen LogP contribution is -1.99. The average molecular weight is 300 g/mol. The van der Waals surface area contributed by atoms with E-state index in [9.17, 15) is 0 Å². The highest BCUT2D eigenvalue weighted by molar-refractivity contribution is 6.30. The number of aryl methyl sites for hydroxylation is 1. The van der Waals surface area contributed by atoms with Gasteiger partial charge in [0, 0.05) is 29.0 Å². The van der Waals surface area contributed by atoms with Gasteiger partial charge in [-0.05, 0) is 48.5 Å². The summed E-state index contributed by atoms with van der Waals surface area (Å²) >= 11 is 5.87. The van der Waals surface area contributed by atoms with Crippen LogP contribution in [0.3, 0.4) is 0 Å². The Hall–Kier alpha value is -2.53. The van der Waals surface area contributed by atoms with Gasteiger partial charge in [0.15, 0.2) is 5.82 Å². The minimum atomic E-state index is 0.647. The summed E-state index contributed by atoms with van der Waals surface area (Å²) in [6, 6.07) is 14.9. The maximum Gasteiger partial charge on any atom is 0.225 e. The second-order valence-corrected chi connectivity index (χ2v) is 5.07. The number of halogens is 1. The molecule has 0 saturated heterocycles. The van der Waals surface area contributed by atoms with Crippen molar-refractivity contribution in [3.8, 4) is 11.4 Å². The molecule has 6 heteroatoms. The van der Waals surface area contributed by atoms with E-state index in [0.717, 1.165) is 11.3 Å². The maximum atomic E-state index is 5.87. The number of aromatic nitrogens is 3. The molecular formula is C15H14ClN5. The molecule has 3 aromatic rings. The molecule has 0 fully saturated rings. The van der Waals surface area contributed by atoms with Gasteiger partial charge in [0.2, 0.25) is 5.95 Å². The first-order valence-electron chi connectivity index (χ1n) is 6.41. The van der Waals surface area contributed by atoms with Crippen molar-refractivity contribution >= 4 is 28.9 Å². The van der Waals surface area contributed by atoms with Crippen molar-refractivity contribution in [3.63, 3.8) is 0 Å². The highest BCUT2D eigenvalue weighted by atomic mass is 35.5. The SMILES string of the molecule is Cn1nc(-c2ccc(N)cc2)nc1Nc1ccc(Cl)cc1. The van der Waals surface area contributed by atoms with Crippen molar-refractivity contribution in [2.45, 2.75) is 0 Å². The minimum absolute atomic E-state index is 0.647. The molecule has 0 saturated carbocycles. The van der Waals surface area contributed by atoms with Crippen molar-refractivity contribution in [2.75, 3.05) is 11.1 Å². The molecule has 0 spiro atoms. The summed E-state index contributed by atoms with van der Waals surface area (Å²) in [5.74, 6) is 1.30. The predicted octanol–water partition coefficient (Wildman–Crippen LogP) is 3.46. The summed E-state index contributed by atoms with van der Waals surface area (Å²) in [5.41, 5.74) is 8.22. The fraction of sp³-hybridized carbons (Fsp3) is 0.0667. The Bertz CT molecular complexity index is 747. The molecule has 21 heavy (non-hydrogen) atoms. The van der Waals surface area contributed by atoms with E-state index in [1.807, 2.05) is 55.6 Å². The van der Waals surface area contributed by atoms with Gasteiger partial charge in [-0.15, -0.1) is 5.10 Å². The molecule has 0 aliphatic rings. The van der Waals surface area contributed by atoms with Crippen LogP contribution in [0.15, 0.2) is 48.5 Å². The smallest absolute Gasteiger partial charge is 0.225 e. The second kappa shape index (κ2) is 5.46. The molecule has 3 N–H and O–H groups in total. The zero-order chi connectivity index (χ0) is 14.8. The zero-order valence-electron chi connectivity index (χ0n) is 11.4.